The Hall–Kier alpha value is -1.74. The highest BCUT2D eigenvalue weighted by atomic mass is 79.9. The number of halogens is 4. The first-order valence-corrected chi connectivity index (χ1v) is 10.3. The van der Waals surface area contributed by atoms with Crippen LogP contribution in [0.4, 0.5) is 8.78 Å². The van der Waals surface area contributed by atoms with Crippen molar-refractivity contribution in [1.29, 1.82) is 0 Å². The molecule has 1 unspecified atom stereocenters. The Kier molecular flexibility index (Phi) is 7.68. The third-order valence-corrected chi connectivity index (χ3v) is 5.50. The van der Waals surface area contributed by atoms with E-state index in [1.807, 2.05) is 28.8 Å². The number of aromatic nitrogens is 2. The molecule has 2 aromatic carbocycles. The van der Waals surface area contributed by atoms with Crippen molar-refractivity contribution < 1.29 is 23.4 Å². The van der Waals surface area contributed by atoms with Gasteiger partial charge < -0.3 is 19.1 Å². The van der Waals surface area contributed by atoms with Gasteiger partial charge >= 0.3 is 0 Å². The van der Waals surface area contributed by atoms with E-state index in [1.54, 1.807) is 0 Å². The molecule has 0 amide bonds. The number of aliphatic hydroxyl groups is 1. The first-order chi connectivity index (χ1) is 14.0. The summed E-state index contributed by atoms with van der Waals surface area (Å²) in [4.78, 5) is 4.78. The zero-order chi connectivity index (χ0) is 20.4. The van der Waals surface area contributed by atoms with Gasteiger partial charge in [-0.05, 0) is 37.1 Å². The minimum atomic E-state index is -0.964. The summed E-state index contributed by atoms with van der Waals surface area (Å²) in [7, 11) is 0. The molecule has 0 bridgehead atoms. The topological polar surface area (TPSA) is 56.5 Å². The number of hydrogen-bond acceptors (Lipinski definition) is 4. The molecule has 3 aromatic rings. The van der Waals surface area contributed by atoms with Crippen molar-refractivity contribution in [3.63, 3.8) is 0 Å². The molecule has 162 valence electrons. The molecule has 1 aromatic heterocycles. The van der Waals surface area contributed by atoms with Gasteiger partial charge in [-0.25, -0.2) is 13.8 Å². The SMILES string of the molecule is Cl.OC(COc1c(F)cc(Br)cc1F)Cn1c(C2CCOCC2)nc2ccccc21. The molecule has 0 saturated carbocycles. The number of hydrogen-bond donors (Lipinski definition) is 1. The largest absolute Gasteiger partial charge is 0.485 e. The first kappa shape index (κ1) is 22.9. The fourth-order valence-electron chi connectivity index (χ4n) is 3.66. The molecule has 5 nitrogen and oxygen atoms in total. The lowest BCUT2D eigenvalue weighted by Gasteiger charge is -2.23. The number of fused-ring (bicyclic) bond motifs is 1. The quantitative estimate of drug-likeness (QED) is 0.523. The number of ether oxygens (including phenoxy) is 2. The number of rotatable bonds is 6. The Bertz CT molecular complexity index is 988. The van der Waals surface area contributed by atoms with Crippen molar-refractivity contribution >= 4 is 39.4 Å². The smallest absolute Gasteiger partial charge is 0.190 e. The van der Waals surface area contributed by atoms with E-state index in [1.165, 1.54) is 0 Å². The Balaban J connectivity index is 0.00000256. The lowest BCUT2D eigenvalue weighted by Crippen LogP contribution is -2.26. The van der Waals surface area contributed by atoms with Crippen LogP contribution in [0.2, 0.25) is 0 Å². The van der Waals surface area contributed by atoms with Crippen molar-refractivity contribution in [3.8, 4) is 5.75 Å². The molecule has 0 spiro atoms. The summed E-state index contributed by atoms with van der Waals surface area (Å²) < 4.78 is 40.9. The van der Waals surface area contributed by atoms with Gasteiger partial charge in [-0.15, -0.1) is 12.4 Å². The molecule has 1 aliphatic rings. The van der Waals surface area contributed by atoms with Crippen LogP contribution in [0, 0.1) is 11.6 Å². The van der Waals surface area contributed by atoms with Crippen LogP contribution >= 0.6 is 28.3 Å². The molecule has 1 saturated heterocycles. The summed E-state index contributed by atoms with van der Waals surface area (Å²) >= 11 is 3.03. The number of benzene rings is 2. The predicted octanol–water partition coefficient (Wildman–Crippen LogP) is 4.83. The van der Waals surface area contributed by atoms with E-state index in [9.17, 15) is 13.9 Å². The Morgan fingerprint density at radius 3 is 2.57 bits per heavy atom. The highest BCUT2D eigenvalue weighted by Gasteiger charge is 2.24. The van der Waals surface area contributed by atoms with Crippen LogP contribution in [0.5, 0.6) is 5.75 Å². The minimum absolute atomic E-state index is 0. The molecule has 2 heterocycles. The standard InChI is InChI=1S/C21H21BrF2N2O3.ClH/c22-14-9-16(23)20(17(24)10-14)29-12-15(27)11-26-19-4-2-1-3-18(19)25-21(26)13-5-7-28-8-6-13;/h1-4,9-10,13,15,27H,5-8,11-12H2;1H. The summed E-state index contributed by atoms with van der Waals surface area (Å²) in [5.74, 6) is -0.993. The monoisotopic (exact) mass is 502 g/mol. The molecule has 0 radical (unpaired) electrons. The highest BCUT2D eigenvalue weighted by molar-refractivity contribution is 9.10. The molecule has 30 heavy (non-hydrogen) atoms. The van der Waals surface area contributed by atoms with Gasteiger partial charge in [0.1, 0.15) is 18.5 Å². The van der Waals surface area contributed by atoms with Crippen LogP contribution < -0.4 is 4.74 Å². The Labute approximate surface area is 187 Å². The van der Waals surface area contributed by atoms with Crippen molar-refractivity contribution in [1.82, 2.24) is 9.55 Å². The second kappa shape index (κ2) is 10.0. The minimum Gasteiger partial charge on any atom is -0.485 e. The van der Waals surface area contributed by atoms with E-state index >= 15 is 0 Å². The molecule has 9 heteroatoms. The number of para-hydroxylation sites is 2. The van der Waals surface area contributed by atoms with Crippen LogP contribution in [-0.2, 0) is 11.3 Å². The highest BCUT2D eigenvalue weighted by Crippen LogP contribution is 2.30. The van der Waals surface area contributed by atoms with Gasteiger partial charge in [0, 0.05) is 23.6 Å². The van der Waals surface area contributed by atoms with Crippen molar-refractivity contribution in [2.75, 3.05) is 19.8 Å². The summed E-state index contributed by atoms with van der Waals surface area (Å²) in [6.07, 6.45) is 0.768. The molecule has 0 aliphatic carbocycles. The average molecular weight is 504 g/mol. The van der Waals surface area contributed by atoms with Gasteiger partial charge in [0.25, 0.3) is 0 Å². The molecular weight excluding hydrogens is 482 g/mol. The maximum Gasteiger partial charge on any atom is 0.190 e. The fourth-order valence-corrected chi connectivity index (χ4v) is 4.07. The third-order valence-electron chi connectivity index (χ3n) is 5.05. The van der Waals surface area contributed by atoms with Gasteiger partial charge in [0.15, 0.2) is 17.4 Å². The van der Waals surface area contributed by atoms with Crippen molar-refractivity contribution in [2.45, 2.75) is 31.4 Å². The van der Waals surface area contributed by atoms with E-state index in [4.69, 9.17) is 14.5 Å². The van der Waals surface area contributed by atoms with Crippen LogP contribution in [-0.4, -0.2) is 40.6 Å². The van der Waals surface area contributed by atoms with Crippen LogP contribution in [0.15, 0.2) is 40.9 Å². The van der Waals surface area contributed by atoms with E-state index in [-0.39, 0.29) is 35.9 Å². The number of nitrogens with zero attached hydrogens (tertiary/aromatic N) is 2. The predicted molar refractivity (Wildman–Crippen MR) is 115 cm³/mol. The summed E-state index contributed by atoms with van der Waals surface area (Å²) in [5.41, 5.74) is 1.76. The van der Waals surface area contributed by atoms with E-state index in [2.05, 4.69) is 15.9 Å². The molecule has 1 aliphatic heterocycles. The number of imidazole rings is 1. The van der Waals surface area contributed by atoms with E-state index < -0.39 is 23.5 Å². The van der Waals surface area contributed by atoms with E-state index in [0.29, 0.717) is 13.2 Å². The normalized spacial score (nSPS) is 15.7. The maximum atomic E-state index is 14.0. The van der Waals surface area contributed by atoms with Crippen LogP contribution in [0.3, 0.4) is 0 Å². The third kappa shape index (κ3) is 4.94. The second-order valence-corrected chi connectivity index (χ2v) is 8.04. The first-order valence-electron chi connectivity index (χ1n) is 9.51. The zero-order valence-electron chi connectivity index (χ0n) is 16.1. The summed E-state index contributed by atoms with van der Waals surface area (Å²) in [6, 6.07) is 9.97. The molecule has 1 atom stereocenters. The van der Waals surface area contributed by atoms with Crippen molar-refractivity contribution in [2.24, 2.45) is 0 Å². The van der Waals surface area contributed by atoms with Gasteiger partial charge in [0.2, 0.25) is 0 Å². The summed E-state index contributed by atoms with van der Waals surface area (Å²) in [5, 5.41) is 10.5. The number of aliphatic hydroxyl groups excluding tert-OH is 1. The second-order valence-electron chi connectivity index (χ2n) is 7.12. The van der Waals surface area contributed by atoms with Gasteiger partial charge in [-0.3, -0.25) is 0 Å². The maximum absolute atomic E-state index is 14.0. The van der Waals surface area contributed by atoms with Gasteiger partial charge in [-0.2, -0.15) is 0 Å². The van der Waals surface area contributed by atoms with Crippen LogP contribution in [0.25, 0.3) is 11.0 Å². The lowest BCUT2D eigenvalue weighted by atomic mass is 9.99. The van der Waals surface area contributed by atoms with E-state index in [0.717, 1.165) is 41.8 Å². The van der Waals surface area contributed by atoms with Crippen molar-refractivity contribution in [3.05, 3.63) is 58.3 Å². The molecule has 1 N–H and O–H groups in total. The Morgan fingerprint density at radius 2 is 1.87 bits per heavy atom. The van der Waals surface area contributed by atoms with Gasteiger partial charge in [0.05, 0.1) is 17.6 Å². The molecular formula is C21H22BrClF2N2O3. The molecule has 4 rings (SSSR count). The Morgan fingerprint density at radius 1 is 1.20 bits per heavy atom. The lowest BCUT2D eigenvalue weighted by molar-refractivity contribution is 0.0769. The fraction of sp³-hybridized carbons (Fsp3) is 0.381. The molecule has 1 fully saturated rings. The van der Waals surface area contributed by atoms with Gasteiger partial charge in [-0.1, -0.05) is 28.1 Å². The average Bonchev–Trinajstić information content (AvgIpc) is 3.06. The summed E-state index contributed by atoms with van der Waals surface area (Å²) in [6.45, 7) is 1.34. The van der Waals surface area contributed by atoms with Crippen LogP contribution in [0.1, 0.15) is 24.6 Å². The zero-order valence-corrected chi connectivity index (χ0v) is 18.5.